The Morgan fingerprint density at radius 3 is 2.57 bits per heavy atom. The molecule has 0 saturated carbocycles. The summed E-state index contributed by atoms with van der Waals surface area (Å²) in [5.41, 5.74) is 4.60. The Labute approximate surface area is 123 Å². The van der Waals surface area contributed by atoms with E-state index in [0.29, 0.717) is 5.82 Å². The van der Waals surface area contributed by atoms with E-state index in [1.54, 1.807) is 0 Å². The second-order valence-electron chi connectivity index (χ2n) is 4.84. The first-order chi connectivity index (χ1) is 10.3. The van der Waals surface area contributed by atoms with E-state index in [1.807, 2.05) is 24.3 Å². The molecule has 1 heterocycles. The van der Waals surface area contributed by atoms with Crippen LogP contribution < -0.4 is 5.32 Å². The highest BCUT2D eigenvalue weighted by molar-refractivity contribution is 5.61. The standard InChI is InChI=1S/C16H17N5/c1-2-12-6-8-13(9-7-12)11-17-15-5-3-4-14(10-15)16-18-20-21-19-16/h3-10,17H,2,11H2,1H3,(H,18,19,20,21). The van der Waals surface area contributed by atoms with Crippen molar-refractivity contribution in [3.63, 3.8) is 0 Å². The summed E-state index contributed by atoms with van der Waals surface area (Å²) >= 11 is 0. The van der Waals surface area contributed by atoms with Gasteiger partial charge in [0.25, 0.3) is 0 Å². The van der Waals surface area contributed by atoms with Crippen molar-refractivity contribution in [2.45, 2.75) is 19.9 Å². The lowest BCUT2D eigenvalue weighted by atomic mass is 10.1. The zero-order valence-electron chi connectivity index (χ0n) is 11.9. The number of H-pyrrole nitrogens is 1. The Bertz CT molecular complexity index is 689. The molecule has 0 bridgehead atoms. The quantitative estimate of drug-likeness (QED) is 0.753. The summed E-state index contributed by atoms with van der Waals surface area (Å²) in [6.07, 6.45) is 1.07. The molecular weight excluding hydrogens is 262 g/mol. The SMILES string of the molecule is CCc1ccc(CNc2cccc(-c3nn[nH]n3)c2)cc1. The van der Waals surface area contributed by atoms with Gasteiger partial charge < -0.3 is 5.32 Å². The number of nitrogens with zero attached hydrogens (tertiary/aromatic N) is 3. The topological polar surface area (TPSA) is 66.5 Å². The van der Waals surface area contributed by atoms with Gasteiger partial charge in [-0.2, -0.15) is 5.21 Å². The smallest absolute Gasteiger partial charge is 0.204 e. The minimum Gasteiger partial charge on any atom is -0.381 e. The molecule has 5 nitrogen and oxygen atoms in total. The van der Waals surface area contributed by atoms with Crippen molar-refractivity contribution in [1.29, 1.82) is 0 Å². The van der Waals surface area contributed by atoms with Crippen molar-refractivity contribution < 1.29 is 0 Å². The average molecular weight is 279 g/mol. The molecule has 0 atom stereocenters. The Morgan fingerprint density at radius 2 is 1.86 bits per heavy atom. The van der Waals surface area contributed by atoms with Crippen molar-refractivity contribution >= 4 is 5.69 Å². The van der Waals surface area contributed by atoms with Gasteiger partial charge in [-0.1, -0.05) is 43.3 Å². The summed E-state index contributed by atoms with van der Waals surface area (Å²) in [4.78, 5) is 0. The van der Waals surface area contributed by atoms with Gasteiger partial charge in [0, 0.05) is 17.8 Å². The molecule has 0 aliphatic rings. The van der Waals surface area contributed by atoms with Gasteiger partial charge in [0.05, 0.1) is 0 Å². The van der Waals surface area contributed by atoms with Crippen LogP contribution in [-0.4, -0.2) is 20.6 Å². The lowest BCUT2D eigenvalue weighted by Crippen LogP contribution is -1.99. The first kappa shape index (κ1) is 13.3. The zero-order valence-corrected chi connectivity index (χ0v) is 11.9. The highest BCUT2D eigenvalue weighted by atomic mass is 15.5. The predicted molar refractivity (Wildman–Crippen MR) is 82.8 cm³/mol. The van der Waals surface area contributed by atoms with Gasteiger partial charge in [-0.25, -0.2) is 0 Å². The third-order valence-corrected chi connectivity index (χ3v) is 3.39. The van der Waals surface area contributed by atoms with Gasteiger partial charge in [0.2, 0.25) is 5.82 Å². The fourth-order valence-corrected chi connectivity index (χ4v) is 2.15. The van der Waals surface area contributed by atoms with E-state index in [-0.39, 0.29) is 0 Å². The van der Waals surface area contributed by atoms with E-state index >= 15 is 0 Å². The van der Waals surface area contributed by atoms with Gasteiger partial charge in [-0.15, -0.1) is 10.2 Å². The lowest BCUT2D eigenvalue weighted by Gasteiger charge is -2.08. The first-order valence-corrected chi connectivity index (χ1v) is 7.00. The molecule has 0 aliphatic carbocycles. The fraction of sp³-hybridized carbons (Fsp3) is 0.188. The van der Waals surface area contributed by atoms with Crippen molar-refractivity contribution in [2.24, 2.45) is 0 Å². The summed E-state index contributed by atoms with van der Waals surface area (Å²) in [5.74, 6) is 0.603. The number of benzene rings is 2. The number of nitrogens with one attached hydrogen (secondary N) is 2. The maximum absolute atomic E-state index is 3.99. The zero-order chi connectivity index (χ0) is 14.5. The van der Waals surface area contributed by atoms with Crippen LogP contribution in [0.3, 0.4) is 0 Å². The third-order valence-electron chi connectivity index (χ3n) is 3.39. The molecule has 106 valence electrons. The third kappa shape index (κ3) is 3.25. The Hall–Kier alpha value is -2.69. The second kappa shape index (κ2) is 6.17. The molecule has 3 rings (SSSR count). The molecule has 0 radical (unpaired) electrons. The lowest BCUT2D eigenvalue weighted by molar-refractivity contribution is 0.881. The van der Waals surface area contributed by atoms with Crippen molar-refractivity contribution in [1.82, 2.24) is 20.6 Å². The molecule has 1 aromatic heterocycles. The van der Waals surface area contributed by atoms with Crippen LogP contribution in [0.1, 0.15) is 18.1 Å². The molecule has 3 aromatic rings. The van der Waals surface area contributed by atoms with Crippen LogP contribution in [0.15, 0.2) is 48.5 Å². The van der Waals surface area contributed by atoms with E-state index in [0.717, 1.165) is 24.2 Å². The summed E-state index contributed by atoms with van der Waals surface area (Å²) < 4.78 is 0. The van der Waals surface area contributed by atoms with E-state index in [2.05, 4.69) is 57.1 Å². The number of hydrogen-bond donors (Lipinski definition) is 2. The summed E-state index contributed by atoms with van der Waals surface area (Å²) in [7, 11) is 0. The molecule has 0 fully saturated rings. The number of aromatic nitrogens is 4. The average Bonchev–Trinajstić information content (AvgIpc) is 3.08. The van der Waals surface area contributed by atoms with Crippen LogP contribution in [0.5, 0.6) is 0 Å². The highest BCUT2D eigenvalue weighted by Crippen LogP contribution is 2.19. The van der Waals surface area contributed by atoms with Gasteiger partial charge in [0.15, 0.2) is 0 Å². The number of rotatable bonds is 5. The van der Waals surface area contributed by atoms with Crippen LogP contribution >= 0.6 is 0 Å². The summed E-state index contributed by atoms with van der Waals surface area (Å²) in [6.45, 7) is 2.95. The molecule has 0 unspecified atom stereocenters. The van der Waals surface area contributed by atoms with Crippen LogP contribution in [0, 0.1) is 0 Å². The van der Waals surface area contributed by atoms with Gasteiger partial charge in [0.1, 0.15) is 0 Å². The number of anilines is 1. The van der Waals surface area contributed by atoms with Crippen molar-refractivity contribution in [2.75, 3.05) is 5.32 Å². The van der Waals surface area contributed by atoms with Crippen LogP contribution in [0.4, 0.5) is 5.69 Å². The number of tetrazole rings is 1. The normalized spacial score (nSPS) is 10.5. The van der Waals surface area contributed by atoms with Gasteiger partial charge >= 0.3 is 0 Å². The fourth-order valence-electron chi connectivity index (χ4n) is 2.15. The van der Waals surface area contributed by atoms with Gasteiger partial charge in [-0.05, 0) is 34.9 Å². The molecule has 0 aliphatic heterocycles. The minimum atomic E-state index is 0.603. The molecule has 2 N–H and O–H groups in total. The number of hydrogen-bond acceptors (Lipinski definition) is 4. The van der Waals surface area contributed by atoms with E-state index < -0.39 is 0 Å². The maximum Gasteiger partial charge on any atom is 0.204 e. The van der Waals surface area contributed by atoms with Crippen LogP contribution in [0.25, 0.3) is 11.4 Å². The van der Waals surface area contributed by atoms with Crippen LogP contribution in [-0.2, 0) is 13.0 Å². The molecule has 2 aromatic carbocycles. The van der Waals surface area contributed by atoms with E-state index in [1.165, 1.54) is 11.1 Å². The van der Waals surface area contributed by atoms with Gasteiger partial charge in [-0.3, -0.25) is 0 Å². The second-order valence-corrected chi connectivity index (χ2v) is 4.84. The number of aryl methyl sites for hydroxylation is 1. The highest BCUT2D eigenvalue weighted by Gasteiger charge is 2.03. The van der Waals surface area contributed by atoms with E-state index in [4.69, 9.17) is 0 Å². The first-order valence-electron chi connectivity index (χ1n) is 7.00. The molecule has 21 heavy (non-hydrogen) atoms. The molecule has 0 amide bonds. The maximum atomic E-state index is 3.99. The Morgan fingerprint density at radius 1 is 1.05 bits per heavy atom. The number of aromatic amines is 1. The molecule has 0 spiro atoms. The molecular formula is C16H17N5. The largest absolute Gasteiger partial charge is 0.381 e. The molecule has 5 heteroatoms. The van der Waals surface area contributed by atoms with E-state index in [9.17, 15) is 0 Å². The Balaban J connectivity index is 1.68. The molecule has 0 saturated heterocycles. The minimum absolute atomic E-state index is 0.603. The van der Waals surface area contributed by atoms with Crippen molar-refractivity contribution in [3.05, 3.63) is 59.7 Å². The van der Waals surface area contributed by atoms with Crippen molar-refractivity contribution in [3.8, 4) is 11.4 Å². The monoisotopic (exact) mass is 279 g/mol. The summed E-state index contributed by atoms with van der Waals surface area (Å²) in [5, 5.41) is 17.4. The predicted octanol–water partition coefficient (Wildman–Crippen LogP) is 3.04. The Kier molecular flexibility index (Phi) is 3.91. The summed E-state index contributed by atoms with van der Waals surface area (Å²) in [6, 6.07) is 16.7. The van der Waals surface area contributed by atoms with Crippen LogP contribution in [0.2, 0.25) is 0 Å².